The fourth-order valence-electron chi connectivity index (χ4n) is 2.04. The Balaban J connectivity index is 2.22. The molecule has 5 heteroatoms. The molecule has 0 bridgehead atoms. The average molecular weight is 303 g/mol. The third-order valence-electron chi connectivity index (χ3n) is 3.30. The van der Waals surface area contributed by atoms with Crippen molar-refractivity contribution in [1.29, 1.82) is 0 Å². The molecule has 1 amide bonds. The number of hydrogen-bond acceptors (Lipinski definition) is 4. The molecular weight excluding hydrogens is 282 g/mol. The van der Waals surface area contributed by atoms with Gasteiger partial charge in [0.25, 0.3) is 0 Å². The molecular formula is C16H21N3OS. The van der Waals surface area contributed by atoms with Crippen LogP contribution in [-0.2, 0) is 4.79 Å². The van der Waals surface area contributed by atoms with Gasteiger partial charge in [0, 0.05) is 5.56 Å². The molecule has 0 fully saturated rings. The van der Waals surface area contributed by atoms with Crippen LogP contribution < -0.4 is 11.1 Å². The first kappa shape index (κ1) is 15.7. The number of nitrogens with one attached hydrogen (secondary N) is 1. The van der Waals surface area contributed by atoms with Gasteiger partial charge < -0.3 is 11.1 Å². The number of aryl methyl sites for hydroxylation is 2. The first-order chi connectivity index (χ1) is 9.88. The van der Waals surface area contributed by atoms with Crippen LogP contribution in [0, 0.1) is 13.8 Å². The normalized spacial score (nSPS) is 13.8. The van der Waals surface area contributed by atoms with E-state index < -0.39 is 6.04 Å². The molecule has 0 aliphatic carbocycles. The van der Waals surface area contributed by atoms with Crippen LogP contribution in [0.1, 0.15) is 36.0 Å². The van der Waals surface area contributed by atoms with E-state index in [1.54, 1.807) is 18.3 Å². The van der Waals surface area contributed by atoms with Gasteiger partial charge in [-0.05, 0) is 27.7 Å². The van der Waals surface area contributed by atoms with Crippen LogP contribution in [0.3, 0.4) is 0 Å². The van der Waals surface area contributed by atoms with Crippen molar-refractivity contribution in [2.24, 2.45) is 5.73 Å². The van der Waals surface area contributed by atoms with E-state index in [9.17, 15) is 4.79 Å². The molecule has 112 valence electrons. The number of aromatic nitrogens is 1. The molecule has 2 aromatic rings. The molecule has 0 saturated carbocycles. The van der Waals surface area contributed by atoms with Crippen LogP contribution in [0.2, 0.25) is 0 Å². The Morgan fingerprint density at radius 3 is 2.43 bits per heavy atom. The minimum atomic E-state index is -0.503. The summed E-state index contributed by atoms with van der Waals surface area (Å²) in [5, 5.41) is 3.89. The standard InChI is InChI=1S/C16H21N3OS/c1-9-5-7-13(8-6-9)16-19-12(4)14(21-16)11(3)18-15(20)10(2)17/h5-8,10-11H,17H2,1-4H3,(H,18,20)/t10-,11?/m1/s1. The number of benzene rings is 1. The Labute approximate surface area is 129 Å². The fourth-order valence-corrected chi connectivity index (χ4v) is 3.11. The van der Waals surface area contributed by atoms with Gasteiger partial charge in [-0.2, -0.15) is 0 Å². The van der Waals surface area contributed by atoms with Gasteiger partial charge in [-0.25, -0.2) is 4.98 Å². The number of amides is 1. The highest BCUT2D eigenvalue weighted by molar-refractivity contribution is 7.15. The number of hydrogen-bond donors (Lipinski definition) is 2. The monoisotopic (exact) mass is 303 g/mol. The minimum Gasteiger partial charge on any atom is -0.347 e. The highest BCUT2D eigenvalue weighted by Crippen LogP contribution is 2.31. The number of carbonyl (C=O) groups excluding carboxylic acids is 1. The lowest BCUT2D eigenvalue weighted by molar-refractivity contribution is -0.122. The van der Waals surface area contributed by atoms with Crippen LogP contribution in [-0.4, -0.2) is 16.9 Å². The molecule has 0 aliphatic heterocycles. The predicted molar refractivity (Wildman–Crippen MR) is 87.2 cm³/mol. The van der Waals surface area contributed by atoms with Crippen LogP contribution in [0.4, 0.5) is 0 Å². The van der Waals surface area contributed by atoms with Crippen molar-refractivity contribution in [2.75, 3.05) is 0 Å². The minimum absolute atomic E-state index is 0.0831. The van der Waals surface area contributed by atoms with Crippen LogP contribution in [0.25, 0.3) is 10.6 Å². The summed E-state index contributed by atoms with van der Waals surface area (Å²) in [6.45, 7) is 7.67. The van der Waals surface area contributed by atoms with E-state index in [-0.39, 0.29) is 11.9 Å². The Morgan fingerprint density at radius 1 is 1.24 bits per heavy atom. The van der Waals surface area contributed by atoms with Gasteiger partial charge in [-0.15, -0.1) is 11.3 Å². The van der Waals surface area contributed by atoms with Gasteiger partial charge in [0.15, 0.2) is 0 Å². The van der Waals surface area contributed by atoms with E-state index in [0.29, 0.717) is 0 Å². The van der Waals surface area contributed by atoms with Crippen molar-refractivity contribution < 1.29 is 4.79 Å². The summed E-state index contributed by atoms with van der Waals surface area (Å²) in [5.41, 5.74) is 8.87. The third kappa shape index (κ3) is 3.68. The largest absolute Gasteiger partial charge is 0.347 e. The van der Waals surface area contributed by atoms with E-state index in [0.717, 1.165) is 21.1 Å². The molecule has 1 unspecified atom stereocenters. The molecule has 0 radical (unpaired) electrons. The maximum atomic E-state index is 11.7. The van der Waals surface area contributed by atoms with E-state index in [2.05, 4.69) is 41.5 Å². The number of nitrogens with zero attached hydrogens (tertiary/aromatic N) is 1. The molecule has 0 spiro atoms. The molecule has 4 nitrogen and oxygen atoms in total. The summed E-state index contributed by atoms with van der Waals surface area (Å²) in [6.07, 6.45) is 0. The highest BCUT2D eigenvalue weighted by Gasteiger charge is 2.18. The summed E-state index contributed by atoms with van der Waals surface area (Å²) in [5.74, 6) is -0.146. The van der Waals surface area contributed by atoms with Crippen molar-refractivity contribution in [3.8, 4) is 10.6 Å². The zero-order chi connectivity index (χ0) is 15.6. The summed E-state index contributed by atoms with van der Waals surface area (Å²) in [6, 6.07) is 7.71. The molecule has 0 aliphatic rings. The topological polar surface area (TPSA) is 68.0 Å². The summed E-state index contributed by atoms with van der Waals surface area (Å²) < 4.78 is 0. The summed E-state index contributed by atoms with van der Waals surface area (Å²) in [7, 11) is 0. The van der Waals surface area contributed by atoms with Crippen molar-refractivity contribution in [3.05, 3.63) is 40.4 Å². The number of nitrogens with two attached hydrogens (primary N) is 1. The second-order valence-corrected chi connectivity index (χ2v) is 6.38. The van der Waals surface area contributed by atoms with Gasteiger partial charge >= 0.3 is 0 Å². The lowest BCUT2D eigenvalue weighted by atomic mass is 10.2. The SMILES string of the molecule is Cc1ccc(-c2nc(C)c(C(C)NC(=O)[C@@H](C)N)s2)cc1. The smallest absolute Gasteiger partial charge is 0.237 e. The Morgan fingerprint density at radius 2 is 1.86 bits per heavy atom. The van der Waals surface area contributed by atoms with Crippen LogP contribution in [0.15, 0.2) is 24.3 Å². The van der Waals surface area contributed by atoms with Crippen molar-refractivity contribution in [2.45, 2.75) is 39.8 Å². The van der Waals surface area contributed by atoms with E-state index >= 15 is 0 Å². The van der Waals surface area contributed by atoms with Gasteiger partial charge in [-0.1, -0.05) is 29.8 Å². The molecule has 3 N–H and O–H groups in total. The highest BCUT2D eigenvalue weighted by atomic mass is 32.1. The molecule has 2 atom stereocenters. The van der Waals surface area contributed by atoms with Gasteiger partial charge in [0.2, 0.25) is 5.91 Å². The lowest BCUT2D eigenvalue weighted by Gasteiger charge is -2.14. The lowest BCUT2D eigenvalue weighted by Crippen LogP contribution is -2.39. The van der Waals surface area contributed by atoms with Crippen LogP contribution >= 0.6 is 11.3 Å². The Hall–Kier alpha value is -1.72. The molecule has 2 rings (SSSR count). The van der Waals surface area contributed by atoms with E-state index in [1.807, 2.05) is 13.8 Å². The van der Waals surface area contributed by atoms with Gasteiger partial charge in [0.1, 0.15) is 5.01 Å². The average Bonchev–Trinajstić information content (AvgIpc) is 2.81. The molecule has 1 aromatic carbocycles. The Bertz CT molecular complexity index is 631. The Kier molecular flexibility index (Phi) is 4.75. The third-order valence-corrected chi connectivity index (χ3v) is 4.69. The fraction of sp³-hybridized carbons (Fsp3) is 0.375. The molecule has 1 aromatic heterocycles. The van der Waals surface area contributed by atoms with Crippen LogP contribution in [0.5, 0.6) is 0 Å². The van der Waals surface area contributed by atoms with Crippen molar-refractivity contribution >= 4 is 17.2 Å². The van der Waals surface area contributed by atoms with Crippen molar-refractivity contribution in [3.63, 3.8) is 0 Å². The maximum absolute atomic E-state index is 11.7. The quantitative estimate of drug-likeness (QED) is 0.912. The number of carbonyl (C=O) groups is 1. The summed E-state index contributed by atoms with van der Waals surface area (Å²) >= 11 is 1.61. The second kappa shape index (κ2) is 6.37. The molecule has 0 saturated heterocycles. The first-order valence-electron chi connectivity index (χ1n) is 6.99. The zero-order valence-electron chi connectivity index (χ0n) is 12.8. The predicted octanol–water partition coefficient (Wildman–Crippen LogP) is 2.95. The molecule has 21 heavy (non-hydrogen) atoms. The first-order valence-corrected chi connectivity index (χ1v) is 7.80. The van der Waals surface area contributed by atoms with E-state index in [4.69, 9.17) is 5.73 Å². The zero-order valence-corrected chi connectivity index (χ0v) is 13.6. The second-order valence-electron chi connectivity index (χ2n) is 5.35. The number of rotatable bonds is 4. The van der Waals surface area contributed by atoms with E-state index in [1.165, 1.54) is 5.56 Å². The van der Waals surface area contributed by atoms with Gasteiger partial charge in [0.05, 0.1) is 22.7 Å². The summed E-state index contributed by atoms with van der Waals surface area (Å²) in [4.78, 5) is 17.4. The molecule has 1 heterocycles. The number of thiazole rings is 1. The van der Waals surface area contributed by atoms with Gasteiger partial charge in [-0.3, -0.25) is 4.79 Å². The maximum Gasteiger partial charge on any atom is 0.237 e. The van der Waals surface area contributed by atoms with Crippen molar-refractivity contribution in [1.82, 2.24) is 10.3 Å².